The maximum atomic E-state index is 12.1. The molecule has 2 N–H and O–H groups in total. The lowest BCUT2D eigenvalue weighted by Crippen LogP contribution is -2.38. The van der Waals surface area contributed by atoms with Gasteiger partial charge in [-0.15, -0.1) is 0 Å². The number of amides is 1. The van der Waals surface area contributed by atoms with Crippen LogP contribution in [-0.2, 0) is 4.79 Å². The molecule has 7 nitrogen and oxygen atoms in total. The van der Waals surface area contributed by atoms with Crippen LogP contribution in [0.3, 0.4) is 0 Å². The molecule has 1 aromatic carbocycles. The second kappa shape index (κ2) is 6.65. The number of hydrogen-bond donors (Lipinski definition) is 2. The van der Waals surface area contributed by atoms with E-state index < -0.39 is 17.9 Å². The standard InChI is InChI=1S/C13H17NO6/c1-7(13(16)17)14-12(15)8-5-10(19-3)11(20-4)6-9(8)18-2/h5-7H,1-4H3,(H,14,15)(H,16,17)/t7-/m0/s1. The first-order valence-corrected chi connectivity index (χ1v) is 5.78. The van der Waals surface area contributed by atoms with Gasteiger partial charge < -0.3 is 24.6 Å². The molecule has 0 bridgehead atoms. The molecule has 0 spiro atoms. The highest BCUT2D eigenvalue weighted by molar-refractivity contribution is 5.99. The van der Waals surface area contributed by atoms with Gasteiger partial charge in [0.15, 0.2) is 11.5 Å². The van der Waals surface area contributed by atoms with E-state index in [4.69, 9.17) is 19.3 Å². The number of carbonyl (C=O) groups is 2. The summed E-state index contributed by atoms with van der Waals surface area (Å²) in [6.07, 6.45) is 0. The monoisotopic (exact) mass is 283 g/mol. The minimum Gasteiger partial charge on any atom is -0.496 e. The molecule has 110 valence electrons. The summed E-state index contributed by atoms with van der Waals surface area (Å²) in [5.74, 6) is -0.679. The Kier molecular flexibility index (Phi) is 5.19. The third kappa shape index (κ3) is 3.31. The summed E-state index contributed by atoms with van der Waals surface area (Å²) in [5, 5.41) is 11.1. The van der Waals surface area contributed by atoms with Crippen molar-refractivity contribution in [3.63, 3.8) is 0 Å². The smallest absolute Gasteiger partial charge is 0.325 e. The number of carboxylic acid groups (broad SMARTS) is 1. The molecule has 0 unspecified atom stereocenters. The highest BCUT2D eigenvalue weighted by Crippen LogP contribution is 2.34. The number of carboxylic acids is 1. The third-order valence-corrected chi connectivity index (χ3v) is 2.67. The summed E-state index contributed by atoms with van der Waals surface area (Å²) in [5.41, 5.74) is 0.165. The van der Waals surface area contributed by atoms with E-state index in [1.165, 1.54) is 40.4 Å². The van der Waals surface area contributed by atoms with Crippen LogP contribution in [0.1, 0.15) is 17.3 Å². The summed E-state index contributed by atoms with van der Waals surface area (Å²) >= 11 is 0. The van der Waals surface area contributed by atoms with Crippen molar-refractivity contribution >= 4 is 11.9 Å². The maximum Gasteiger partial charge on any atom is 0.325 e. The van der Waals surface area contributed by atoms with Crippen LogP contribution >= 0.6 is 0 Å². The van der Waals surface area contributed by atoms with E-state index in [9.17, 15) is 9.59 Å². The maximum absolute atomic E-state index is 12.1. The molecule has 1 atom stereocenters. The Morgan fingerprint density at radius 1 is 1.05 bits per heavy atom. The van der Waals surface area contributed by atoms with Gasteiger partial charge >= 0.3 is 5.97 Å². The molecule has 1 rings (SSSR count). The van der Waals surface area contributed by atoms with Crippen LogP contribution in [0.4, 0.5) is 0 Å². The van der Waals surface area contributed by atoms with Crippen LogP contribution in [0, 0.1) is 0 Å². The Morgan fingerprint density at radius 3 is 2.00 bits per heavy atom. The lowest BCUT2D eigenvalue weighted by atomic mass is 10.1. The van der Waals surface area contributed by atoms with Gasteiger partial charge in [0.2, 0.25) is 0 Å². The van der Waals surface area contributed by atoms with Crippen molar-refractivity contribution in [1.29, 1.82) is 0 Å². The number of benzene rings is 1. The normalized spacial score (nSPS) is 11.4. The van der Waals surface area contributed by atoms with Gasteiger partial charge in [-0.25, -0.2) is 0 Å². The van der Waals surface area contributed by atoms with Gasteiger partial charge in [-0.2, -0.15) is 0 Å². The lowest BCUT2D eigenvalue weighted by molar-refractivity contribution is -0.138. The summed E-state index contributed by atoms with van der Waals surface area (Å²) in [6.45, 7) is 1.37. The molecule has 1 aromatic rings. The first-order chi connectivity index (χ1) is 9.44. The van der Waals surface area contributed by atoms with Crippen LogP contribution in [0.25, 0.3) is 0 Å². The van der Waals surface area contributed by atoms with Crippen molar-refractivity contribution in [2.75, 3.05) is 21.3 Å². The van der Waals surface area contributed by atoms with E-state index in [1.807, 2.05) is 0 Å². The fourth-order valence-corrected chi connectivity index (χ4v) is 1.54. The van der Waals surface area contributed by atoms with E-state index in [0.29, 0.717) is 11.5 Å². The fourth-order valence-electron chi connectivity index (χ4n) is 1.54. The van der Waals surface area contributed by atoms with E-state index in [2.05, 4.69) is 5.32 Å². The highest BCUT2D eigenvalue weighted by Gasteiger charge is 2.21. The van der Waals surface area contributed by atoms with Gasteiger partial charge in [0.1, 0.15) is 11.8 Å². The molecule has 0 heterocycles. The average molecular weight is 283 g/mol. The minimum absolute atomic E-state index is 0.165. The zero-order chi connectivity index (χ0) is 15.3. The number of ether oxygens (including phenoxy) is 3. The first kappa shape index (κ1) is 15.6. The predicted octanol–water partition coefficient (Wildman–Crippen LogP) is 0.915. The molecule has 0 saturated heterocycles. The molecule has 0 fully saturated rings. The van der Waals surface area contributed by atoms with E-state index >= 15 is 0 Å². The van der Waals surface area contributed by atoms with E-state index in [1.54, 1.807) is 0 Å². The van der Waals surface area contributed by atoms with Crippen molar-refractivity contribution in [3.05, 3.63) is 17.7 Å². The molecule has 0 aromatic heterocycles. The number of carbonyl (C=O) groups excluding carboxylic acids is 1. The molecular formula is C13H17NO6. The summed E-state index contributed by atoms with van der Waals surface area (Å²) in [7, 11) is 4.30. The van der Waals surface area contributed by atoms with Crippen molar-refractivity contribution < 1.29 is 28.9 Å². The number of rotatable bonds is 6. The van der Waals surface area contributed by atoms with Gasteiger partial charge in [0.25, 0.3) is 5.91 Å². The molecular weight excluding hydrogens is 266 g/mol. The van der Waals surface area contributed by atoms with Crippen molar-refractivity contribution in [2.45, 2.75) is 13.0 Å². The SMILES string of the molecule is COc1cc(OC)c(C(=O)N[C@@H](C)C(=O)O)cc1OC. The summed E-state index contributed by atoms with van der Waals surface area (Å²) in [6, 6.07) is 1.92. The summed E-state index contributed by atoms with van der Waals surface area (Å²) in [4.78, 5) is 22.8. The Hall–Kier alpha value is -2.44. The van der Waals surface area contributed by atoms with E-state index in [-0.39, 0.29) is 11.3 Å². The number of methoxy groups -OCH3 is 3. The van der Waals surface area contributed by atoms with E-state index in [0.717, 1.165) is 0 Å². The number of aliphatic carboxylic acids is 1. The van der Waals surface area contributed by atoms with Gasteiger partial charge in [0, 0.05) is 12.1 Å². The second-order valence-electron chi connectivity index (χ2n) is 3.94. The number of hydrogen-bond acceptors (Lipinski definition) is 5. The van der Waals surface area contributed by atoms with Gasteiger partial charge in [-0.1, -0.05) is 0 Å². The van der Waals surface area contributed by atoms with Crippen LogP contribution in [0.2, 0.25) is 0 Å². The third-order valence-electron chi connectivity index (χ3n) is 2.67. The van der Waals surface area contributed by atoms with Crippen LogP contribution in [0.15, 0.2) is 12.1 Å². The molecule has 0 radical (unpaired) electrons. The van der Waals surface area contributed by atoms with Crippen molar-refractivity contribution in [2.24, 2.45) is 0 Å². The van der Waals surface area contributed by atoms with Crippen LogP contribution < -0.4 is 19.5 Å². The molecule has 0 aliphatic rings. The molecule has 1 amide bonds. The van der Waals surface area contributed by atoms with Crippen molar-refractivity contribution in [1.82, 2.24) is 5.32 Å². The Labute approximate surface area is 116 Å². The Bertz CT molecular complexity index is 514. The lowest BCUT2D eigenvalue weighted by Gasteiger charge is -2.15. The summed E-state index contributed by atoms with van der Waals surface area (Å²) < 4.78 is 15.3. The predicted molar refractivity (Wildman–Crippen MR) is 70.7 cm³/mol. The highest BCUT2D eigenvalue weighted by atomic mass is 16.5. The Morgan fingerprint density at radius 2 is 1.55 bits per heavy atom. The molecule has 0 saturated carbocycles. The zero-order valence-corrected chi connectivity index (χ0v) is 11.7. The molecule has 0 aliphatic carbocycles. The zero-order valence-electron chi connectivity index (χ0n) is 11.7. The second-order valence-corrected chi connectivity index (χ2v) is 3.94. The first-order valence-electron chi connectivity index (χ1n) is 5.78. The van der Waals surface area contributed by atoms with Crippen LogP contribution in [-0.4, -0.2) is 44.4 Å². The van der Waals surface area contributed by atoms with Gasteiger partial charge in [-0.05, 0) is 6.92 Å². The van der Waals surface area contributed by atoms with Gasteiger partial charge in [-0.3, -0.25) is 9.59 Å². The largest absolute Gasteiger partial charge is 0.496 e. The Balaban J connectivity index is 3.15. The average Bonchev–Trinajstić information content (AvgIpc) is 2.45. The molecule has 7 heteroatoms. The molecule has 0 aliphatic heterocycles. The molecule has 20 heavy (non-hydrogen) atoms. The van der Waals surface area contributed by atoms with Crippen molar-refractivity contribution in [3.8, 4) is 17.2 Å². The van der Waals surface area contributed by atoms with Gasteiger partial charge in [0.05, 0.1) is 26.9 Å². The fraction of sp³-hybridized carbons (Fsp3) is 0.385. The minimum atomic E-state index is -1.13. The number of nitrogens with one attached hydrogen (secondary N) is 1. The quantitative estimate of drug-likeness (QED) is 0.806. The van der Waals surface area contributed by atoms with Crippen LogP contribution in [0.5, 0.6) is 17.2 Å². The topological polar surface area (TPSA) is 94.1 Å².